The van der Waals surface area contributed by atoms with Crippen molar-refractivity contribution >= 4 is 0 Å². The van der Waals surface area contributed by atoms with E-state index >= 15 is 0 Å². The number of benzene rings is 1. The molecule has 1 aliphatic heterocycles. The average Bonchev–Trinajstić information content (AvgIpc) is 3.09. The van der Waals surface area contributed by atoms with Crippen molar-refractivity contribution in [2.45, 2.75) is 52.0 Å². The first-order valence-corrected chi connectivity index (χ1v) is 7.90. The second-order valence-electron chi connectivity index (χ2n) is 6.32. The van der Waals surface area contributed by atoms with Crippen LogP contribution >= 0.6 is 0 Å². The Labute approximate surface area is 132 Å². The SMILES string of the molecule is Cc1ccc(CCC2(Cn3ccnc3)OCC(C)O2)c(C)c1. The quantitative estimate of drug-likeness (QED) is 0.850. The van der Waals surface area contributed by atoms with Crippen LogP contribution in [0.5, 0.6) is 0 Å². The first-order chi connectivity index (χ1) is 10.6. The second-order valence-corrected chi connectivity index (χ2v) is 6.32. The lowest BCUT2D eigenvalue weighted by Gasteiger charge is -2.28. The molecule has 4 heteroatoms. The monoisotopic (exact) mass is 300 g/mol. The number of nitrogens with zero attached hydrogens (tertiary/aromatic N) is 2. The van der Waals surface area contributed by atoms with Gasteiger partial charge in [0, 0.05) is 18.8 Å². The van der Waals surface area contributed by atoms with Gasteiger partial charge in [-0.2, -0.15) is 0 Å². The fourth-order valence-electron chi connectivity index (χ4n) is 3.11. The van der Waals surface area contributed by atoms with Gasteiger partial charge in [0.25, 0.3) is 0 Å². The fourth-order valence-corrected chi connectivity index (χ4v) is 3.11. The molecule has 0 radical (unpaired) electrons. The minimum absolute atomic E-state index is 0.141. The van der Waals surface area contributed by atoms with Crippen LogP contribution in [0.4, 0.5) is 0 Å². The molecule has 1 saturated heterocycles. The van der Waals surface area contributed by atoms with Crippen molar-refractivity contribution in [3.05, 3.63) is 53.6 Å². The van der Waals surface area contributed by atoms with Crippen LogP contribution in [-0.2, 0) is 22.4 Å². The average molecular weight is 300 g/mol. The van der Waals surface area contributed by atoms with E-state index in [1.165, 1.54) is 16.7 Å². The molecule has 0 amide bonds. The van der Waals surface area contributed by atoms with Crippen LogP contribution in [0.15, 0.2) is 36.9 Å². The Kier molecular flexibility index (Phi) is 4.32. The summed E-state index contributed by atoms with van der Waals surface area (Å²) >= 11 is 0. The maximum Gasteiger partial charge on any atom is 0.187 e. The smallest absolute Gasteiger partial charge is 0.187 e. The summed E-state index contributed by atoms with van der Waals surface area (Å²) in [5.74, 6) is -0.544. The lowest BCUT2D eigenvalue weighted by Crippen LogP contribution is -2.36. The third kappa shape index (κ3) is 3.39. The van der Waals surface area contributed by atoms with Crippen molar-refractivity contribution in [3.8, 4) is 0 Å². The highest BCUT2D eigenvalue weighted by Gasteiger charge is 2.40. The third-order valence-electron chi connectivity index (χ3n) is 4.25. The van der Waals surface area contributed by atoms with Crippen molar-refractivity contribution in [3.63, 3.8) is 0 Å². The van der Waals surface area contributed by atoms with E-state index in [1.54, 1.807) is 6.20 Å². The Balaban J connectivity index is 1.73. The number of hydrogen-bond acceptors (Lipinski definition) is 3. The normalized spacial score (nSPS) is 24.8. The Morgan fingerprint density at radius 3 is 2.86 bits per heavy atom. The minimum Gasteiger partial charge on any atom is -0.345 e. The van der Waals surface area contributed by atoms with Gasteiger partial charge in [0.1, 0.15) is 0 Å². The predicted octanol–water partition coefficient (Wildman–Crippen LogP) is 3.26. The molecular weight excluding hydrogens is 276 g/mol. The van der Waals surface area contributed by atoms with Crippen LogP contribution in [0.3, 0.4) is 0 Å². The van der Waals surface area contributed by atoms with Gasteiger partial charge < -0.3 is 14.0 Å². The van der Waals surface area contributed by atoms with Crippen molar-refractivity contribution in [2.75, 3.05) is 6.61 Å². The van der Waals surface area contributed by atoms with E-state index in [-0.39, 0.29) is 6.10 Å². The molecule has 2 heterocycles. The summed E-state index contributed by atoms with van der Waals surface area (Å²) in [6.07, 6.45) is 7.49. The molecule has 1 fully saturated rings. The molecule has 1 aromatic carbocycles. The van der Waals surface area contributed by atoms with E-state index in [1.807, 2.05) is 17.1 Å². The number of imidazole rings is 1. The van der Waals surface area contributed by atoms with Crippen molar-refractivity contribution in [2.24, 2.45) is 0 Å². The van der Waals surface area contributed by atoms with Gasteiger partial charge in [-0.1, -0.05) is 23.8 Å². The summed E-state index contributed by atoms with van der Waals surface area (Å²) in [5.41, 5.74) is 4.00. The Morgan fingerprint density at radius 2 is 2.23 bits per heavy atom. The van der Waals surface area contributed by atoms with Gasteiger partial charge in [-0.3, -0.25) is 0 Å². The number of rotatable bonds is 5. The number of aryl methyl sites for hydroxylation is 3. The number of ether oxygens (including phenoxy) is 2. The zero-order valence-corrected chi connectivity index (χ0v) is 13.6. The molecular formula is C18H24N2O2. The summed E-state index contributed by atoms with van der Waals surface area (Å²) < 4.78 is 14.2. The van der Waals surface area contributed by atoms with Gasteiger partial charge in [-0.25, -0.2) is 4.98 Å². The van der Waals surface area contributed by atoms with E-state index in [4.69, 9.17) is 9.47 Å². The molecule has 22 heavy (non-hydrogen) atoms. The molecule has 0 bridgehead atoms. The molecule has 2 aromatic rings. The number of hydrogen-bond donors (Lipinski definition) is 0. The highest BCUT2D eigenvalue weighted by atomic mass is 16.7. The second kappa shape index (κ2) is 6.23. The van der Waals surface area contributed by atoms with Crippen LogP contribution in [0.1, 0.15) is 30.0 Å². The zero-order chi connectivity index (χ0) is 15.6. The molecule has 0 aliphatic carbocycles. The first-order valence-electron chi connectivity index (χ1n) is 7.90. The maximum atomic E-state index is 6.14. The molecule has 2 unspecified atom stereocenters. The Morgan fingerprint density at radius 1 is 1.36 bits per heavy atom. The summed E-state index contributed by atoms with van der Waals surface area (Å²) in [6, 6.07) is 6.62. The molecule has 3 rings (SSSR count). The zero-order valence-electron chi connectivity index (χ0n) is 13.6. The van der Waals surface area contributed by atoms with Crippen LogP contribution in [0, 0.1) is 13.8 Å². The van der Waals surface area contributed by atoms with Gasteiger partial charge in [0.2, 0.25) is 0 Å². The standard InChI is InChI=1S/C18H24N2O2/c1-14-4-5-17(15(2)10-14)6-7-18(21-11-16(3)22-18)12-20-9-8-19-13-20/h4-5,8-10,13,16H,6-7,11-12H2,1-3H3. The predicted molar refractivity (Wildman–Crippen MR) is 85.7 cm³/mol. The van der Waals surface area contributed by atoms with Crippen molar-refractivity contribution < 1.29 is 9.47 Å². The van der Waals surface area contributed by atoms with E-state index in [0.29, 0.717) is 13.2 Å². The first kappa shape index (κ1) is 15.3. The summed E-state index contributed by atoms with van der Waals surface area (Å²) in [6.45, 7) is 7.70. The van der Waals surface area contributed by atoms with Crippen LogP contribution in [0.25, 0.3) is 0 Å². The lowest BCUT2D eigenvalue weighted by molar-refractivity contribution is -0.180. The Hall–Kier alpha value is -1.65. The molecule has 0 spiro atoms. The highest BCUT2D eigenvalue weighted by Crippen LogP contribution is 2.31. The van der Waals surface area contributed by atoms with Crippen LogP contribution in [0.2, 0.25) is 0 Å². The third-order valence-corrected chi connectivity index (χ3v) is 4.25. The molecule has 1 aliphatic rings. The van der Waals surface area contributed by atoms with Crippen LogP contribution < -0.4 is 0 Å². The summed E-state index contributed by atoms with van der Waals surface area (Å²) in [7, 11) is 0. The largest absolute Gasteiger partial charge is 0.345 e. The molecule has 4 nitrogen and oxygen atoms in total. The van der Waals surface area contributed by atoms with E-state index < -0.39 is 5.79 Å². The molecule has 0 N–H and O–H groups in total. The van der Waals surface area contributed by atoms with Crippen molar-refractivity contribution in [1.82, 2.24) is 9.55 Å². The highest BCUT2D eigenvalue weighted by molar-refractivity contribution is 5.30. The van der Waals surface area contributed by atoms with E-state index in [9.17, 15) is 0 Å². The summed E-state index contributed by atoms with van der Waals surface area (Å²) in [4.78, 5) is 4.11. The number of aromatic nitrogens is 2. The molecule has 1 aromatic heterocycles. The van der Waals surface area contributed by atoms with Gasteiger partial charge in [0.15, 0.2) is 5.79 Å². The minimum atomic E-state index is -0.544. The summed E-state index contributed by atoms with van der Waals surface area (Å²) in [5, 5.41) is 0. The lowest BCUT2D eigenvalue weighted by atomic mass is 9.98. The van der Waals surface area contributed by atoms with Gasteiger partial charge in [-0.05, 0) is 38.3 Å². The Bertz CT molecular complexity index is 624. The fraction of sp³-hybridized carbons (Fsp3) is 0.500. The molecule has 2 atom stereocenters. The molecule has 118 valence electrons. The maximum absolute atomic E-state index is 6.14. The van der Waals surface area contributed by atoms with Crippen LogP contribution in [-0.4, -0.2) is 28.0 Å². The van der Waals surface area contributed by atoms with E-state index in [2.05, 4.69) is 44.0 Å². The van der Waals surface area contributed by atoms with Gasteiger partial charge in [-0.15, -0.1) is 0 Å². The topological polar surface area (TPSA) is 36.3 Å². The molecule has 0 saturated carbocycles. The van der Waals surface area contributed by atoms with E-state index in [0.717, 1.165) is 12.8 Å². The van der Waals surface area contributed by atoms with Gasteiger partial charge >= 0.3 is 0 Å². The van der Waals surface area contributed by atoms with Gasteiger partial charge in [0.05, 0.1) is 25.6 Å². The van der Waals surface area contributed by atoms with Crippen molar-refractivity contribution in [1.29, 1.82) is 0 Å².